The van der Waals surface area contributed by atoms with Crippen LogP contribution in [0.3, 0.4) is 0 Å². The molecule has 0 bridgehead atoms. The molecule has 0 aliphatic rings. The predicted molar refractivity (Wildman–Crippen MR) is 395 cm³/mol. The second-order valence-electron chi connectivity index (χ2n) is 26.8. The summed E-state index contributed by atoms with van der Waals surface area (Å²) in [6, 6.07) is -4.28. The van der Waals surface area contributed by atoms with Gasteiger partial charge in [-0.25, -0.2) is 29.9 Å². The molecule has 0 radical (unpaired) electrons. The minimum absolute atomic E-state index is 0.0295. The van der Waals surface area contributed by atoms with E-state index in [4.69, 9.17) is 58.6 Å². The highest BCUT2D eigenvalue weighted by molar-refractivity contribution is 7.15. The monoisotopic (exact) mass is 1460 g/mol. The second-order valence-corrected chi connectivity index (χ2v) is 33.5. The molecule has 6 aromatic rings. The Hall–Kier alpha value is -6.09. The molecule has 0 saturated heterocycles. The molecule has 0 aliphatic heterocycles. The van der Waals surface area contributed by atoms with Crippen LogP contribution < -0.4 is 60.6 Å². The van der Waals surface area contributed by atoms with Crippen molar-refractivity contribution in [3.63, 3.8) is 0 Å². The van der Waals surface area contributed by atoms with Gasteiger partial charge in [0.1, 0.15) is 29.3 Å². The number of carbonyl (C=O) groups excluding carboxylic acids is 7. The normalized spacial score (nSPS) is 13.6. The van der Waals surface area contributed by atoms with E-state index in [-0.39, 0.29) is 44.2 Å². The lowest BCUT2D eigenvalue weighted by atomic mass is 9.99. The number of aryl methyl sites for hydroxylation is 4. The fraction of sp³-hybridized carbons (Fsp3) is 0.632. The van der Waals surface area contributed by atoms with Crippen LogP contribution in [0.1, 0.15) is 312 Å². The van der Waals surface area contributed by atoms with Crippen LogP contribution in [-0.2, 0) is 30.5 Å². The number of unbranched alkanes of at least 4 members (excludes halogenated alkanes) is 4. The molecule has 6 aromatic heterocycles. The Morgan fingerprint density at radius 2 is 0.663 bits per heavy atom. The first-order chi connectivity index (χ1) is 46.5. The van der Waals surface area contributed by atoms with Gasteiger partial charge in [-0.3, -0.25) is 33.6 Å². The smallest absolute Gasteiger partial charge is 0.263 e. The summed E-state index contributed by atoms with van der Waals surface area (Å²) in [6.07, 6.45) is 9.71. The Morgan fingerprint density at radius 3 is 1.03 bits per heavy atom. The third kappa shape index (κ3) is 23.5. The lowest BCUT2D eigenvalue weighted by Gasteiger charge is -2.22. The van der Waals surface area contributed by atoms with Crippen molar-refractivity contribution in [2.24, 2.45) is 52.3 Å². The Morgan fingerprint density at radius 1 is 0.357 bits per heavy atom. The van der Waals surface area contributed by atoms with Crippen molar-refractivity contribution in [3.8, 4) is 0 Å². The van der Waals surface area contributed by atoms with E-state index in [2.05, 4.69) is 59.6 Å². The molecule has 0 fully saturated rings. The van der Waals surface area contributed by atoms with E-state index in [0.29, 0.717) is 171 Å². The molecular weight excluding hydrogens is 1360 g/mol. The molecule has 6 rings (SSSR count). The van der Waals surface area contributed by atoms with Crippen molar-refractivity contribution >= 4 is 109 Å². The van der Waals surface area contributed by atoms with Crippen LogP contribution >= 0.6 is 68.0 Å². The Kier molecular flexibility index (Phi) is 32.4. The summed E-state index contributed by atoms with van der Waals surface area (Å²) in [6.45, 7) is 26.9. The predicted octanol–water partition coefficient (Wildman–Crippen LogP) is 11.0. The highest BCUT2D eigenvalue weighted by Crippen LogP contribution is 2.37. The molecule has 30 heteroatoms. The van der Waals surface area contributed by atoms with Gasteiger partial charge in [-0.05, 0) is 167 Å². The van der Waals surface area contributed by atoms with Gasteiger partial charge in [-0.1, -0.05) is 55.4 Å². The van der Waals surface area contributed by atoms with Crippen molar-refractivity contribution in [2.75, 3.05) is 26.2 Å². The number of amides is 7. The van der Waals surface area contributed by atoms with Gasteiger partial charge >= 0.3 is 0 Å². The number of hydrogen-bond acceptors (Lipinski definition) is 23. The van der Waals surface area contributed by atoms with E-state index in [1.54, 1.807) is 20.8 Å². The average molecular weight is 1470 g/mol. The average Bonchev–Trinajstić information content (AvgIpc) is 1.65. The zero-order chi connectivity index (χ0) is 72.1. The molecular formula is C68H105N17O7S6. The first kappa shape index (κ1) is 80.9. The van der Waals surface area contributed by atoms with Crippen LogP contribution in [0.5, 0.6) is 0 Å². The highest BCUT2D eigenvalue weighted by atomic mass is 32.1. The number of nitrogens with two attached hydrogens (primary N) is 5. The first-order valence-electron chi connectivity index (χ1n) is 34.4. The summed E-state index contributed by atoms with van der Waals surface area (Å²) in [5.74, 6) is -2.57. The minimum Gasteiger partial charge on any atom is -0.365 e. The molecule has 0 aromatic carbocycles. The van der Waals surface area contributed by atoms with Crippen LogP contribution in [-0.4, -0.2) is 97.4 Å². The van der Waals surface area contributed by atoms with E-state index in [1.165, 1.54) is 74.9 Å². The topological polar surface area (TPSA) is 399 Å². The number of carbonyl (C=O) groups is 7. The summed E-state index contributed by atoms with van der Waals surface area (Å²) < 4.78 is 0. The number of aromatic nitrogens is 6. The summed E-state index contributed by atoms with van der Waals surface area (Å²) in [7, 11) is 0. The van der Waals surface area contributed by atoms with Gasteiger partial charge < -0.3 is 60.6 Å². The molecule has 0 aliphatic carbocycles. The fourth-order valence-corrected chi connectivity index (χ4v) is 17.8. The second kappa shape index (κ2) is 39.2. The van der Waals surface area contributed by atoms with Crippen molar-refractivity contribution in [2.45, 2.75) is 229 Å². The molecule has 6 heterocycles. The summed E-state index contributed by atoms with van der Waals surface area (Å²) >= 11 is 7.43. The van der Waals surface area contributed by atoms with Gasteiger partial charge in [0, 0.05) is 19.8 Å². The molecule has 540 valence electrons. The Labute approximate surface area is 601 Å². The number of nitrogens with zero attached hydrogens (tertiary/aromatic N) is 6. The van der Waals surface area contributed by atoms with Gasteiger partial charge in [-0.2, -0.15) is 0 Å². The van der Waals surface area contributed by atoms with Crippen molar-refractivity contribution < 1.29 is 33.6 Å². The van der Waals surface area contributed by atoms with Gasteiger partial charge in [0.25, 0.3) is 35.4 Å². The quantitative estimate of drug-likeness (QED) is 0.0159. The number of rotatable bonds is 42. The Bertz CT molecular complexity index is 3620. The molecule has 7 amide bonds. The van der Waals surface area contributed by atoms with Gasteiger partial charge in [0.15, 0.2) is 0 Å². The standard InChI is InChI=1S/C68H105N17O7S6/c1-34(2)30-45(80-67(91)59-53(77-41(12)93-59)43(76-40(11)86)22-14-18-26-69)56-62(96-48(83-56)25-17-21-29-72)65(89)75-39(10)52-58(98-50(85-52)33-37(7)8)66(90)79-44(23-15-19-27-70)54-60(94-42(13)78-54)68(92)81-46(31-35(3)4)55-61(95-47(82-55)24-16-20-28-71)64(88)74-38(9)51-57(63(73)87)97-49(84-51)32-36(5)6/h34-39,43-46H,14-33,69-72H2,1-13H3,(H2,73,87)(H,74,88)(H,75,89)(H,76,86)(H,79,90)(H,80,91)(H,81,92). The maximum Gasteiger partial charge on any atom is 0.263 e. The molecule has 0 saturated carbocycles. The first-order valence-corrected chi connectivity index (χ1v) is 39.3. The molecule has 6 atom stereocenters. The van der Waals surface area contributed by atoms with Crippen molar-refractivity contribution in [3.05, 3.63) is 93.5 Å². The summed E-state index contributed by atoms with van der Waals surface area (Å²) in [5.41, 5.74) is 32.0. The van der Waals surface area contributed by atoms with Gasteiger partial charge in [-0.15, -0.1) is 68.0 Å². The van der Waals surface area contributed by atoms with E-state index in [9.17, 15) is 19.2 Å². The molecule has 0 spiro atoms. The van der Waals surface area contributed by atoms with E-state index in [0.717, 1.165) is 37.1 Å². The lowest BCUT2D eigenvalue weighted by molar-refractivity contribution is -0.119. The number of primary amides is 1. The Balaban J connectivity index is 1.33. The maximum atomic E-state index is 15.3. The van der Waals surface area contributed by atoms with E-state index < -0.39 is 71.7 Å². The fourth-order valence-electron chi connectivity index (χ4n) is 11.4. The van der Waals surface area contributed by atoms with Gasteiger partial charge in [0.05, 0.1) is 100 Å². The van der Waals surface area contributed by atoms with Crippen LogP contribution in [0.25, 0.3) is 0 Å². The SMILES string of the molecule is CC(=O)NC(CCCCN)c1nc(C)sc1C(=O)NC(CC(C)C)c1nc(CCCCN)sc1C(=O)NC(C)c1nc(CC(C)C)sc1C(=O)NC(CCCCN)c1nc(C)sc1C(=O)NC(CC(C)C)c1nc(CCCCN)sc1C(=O)NC(C)c1nc(CC(C)C)sc1C(N)=O. The zero-order valence-corrected chi connectivity index (χ0v) is 64.2. The number of thiazole rings is 6. The summed E-state index contributed by atoms with van der Waals surface area (Å²) in [5, 5.41) is 23.2. The minimum atomic E-state index is -0.817. The van der Waals surface area contributed by atoms with Crippen molar-refractivity contribution in [1.82, 2.24) is 61.8 Å². The zero-order valence-electron chi connectivity index (χ0n) is 59.3. The number of hydrogen-bond donors (Lipinski definition) is 11. The van der Waals surface area contributed by atoms with Crippen molar-refractivity contribution in [1.29, 1.82) is 0 Å². The van der Waals surface area contributed by atoms with E-state index >= 15 is 14.4 Å². The van der Waals surface area contributed by atoms with Crippen LogP contribution in [0.15, 0.2) is 0 Å². The molecule has 6 unspecified atom stereocenters. The number of nitrogens with one attached hydrogen (secondary N) is 6. The summed E-state index contributed by atoms with van der Waals surface area (Å²) in [4.78, 5) is 132. The van der Waals surface area contributed by atoms with Crippen LogP contribution in [0.4, 0.5) is 0 Å². The van der Waals surface area contributed by atoms with E-state index in [1.807, 2.05) is 34.6 Å². The molecule has 98 heavy (non-hydrogen) atoms. The highest BCUT2D eigenvalue weighted by Gasteiger charge is 2.36. The molecule has 24 nitrogen and oxygen atoms in total. The maximum absolute atomic E-state index is 15.3. The van der Waals surface area contributed by atoms with Crippen LogP contribution in [0, 0.1) is 37.5 Å². The van der Waals surface area contributed by atoms with Crippen LogP contribution in [0.2, 0.25) is 0 Å². The lowest BCUT2D eigenvalue weighted by Crippen LogP contribution is -2.35. The third-order valence-electron chi connectivity index (χ3n) is 15.9. The van der Waals surface area contributed by atoms with Gasteiger partial charge in [0.2, 0.25) is 5.91 Å². The third-order valence-corrected chi connectivity index (χ3v) is 22.3. The molecule has 16 N–H and O–H groups in total. The largest absolute Gasteiger partial charge is 0.365 e.